The van der Waals surface area contributed by atoms with Gasteiger partial charge in [0.05, 0.1) is 13.2 Å². The highest BCUT2D eigenvalue weighted by atomic mass is 79.9. The first kappa shape index (κ1) is 19.2. The summed E-state index contributed by atoms with van der Waals surface area (Å²) in [7, 11) is 0. The molecule has 0 amide bonds. The van der Waals surface area contributed by atoms with E-state index in [0.717, 1.165) is 10.0 Å². The fourth-order valence-electron chi connectivity index (χ4n) is 3.32. The highest BCUT2D eigenvalue weighted by molar-refractivity contribution is 9.10. The molecule has 1 saturated heterocycles. The lowest BCUT2D eigenvalue weighted by Gasteiger charge is -2.29. The number of carbonyl (C=O) groups excluding carboxylic acids is 1. The predicted molar refractivity (Wildman–Crippen MR) is 113 cm³/mol. The quantitative estimate of drug-likeness (QED) is 0.433. The Bertz CT molecular complexity index is 1030. The molecule has 142 valence electrons. The van der Waals surface area contributed by atoms with Gasteiger partial charge in [0.2, 0.25) is 5.79 Å². The predicted octanol–water partition coefficient (Wildman–Crippen LogP) is 5.16. The van der Waals surface area contributed by atoms with E-state index >= 15 is 0 Å². The van der Waals surface area contributed by atoms with Crippen molar-refractivity contribution in [2.75, 3.05) is 18.9 Å². The largest absolute Gasteiger partial charge is 0.398 e. The molecule has 1 fully saturated rings. The van der Waals surface area contributed by atoms with Gasteiger partial charge in [-0.2, -0.15) is 0 Å². The molecule has 0 radical (unpaired) electrons. The third-order valence-electron chi connectivity index (χ3n) is 4.68. The molecule has 4 nitrogen and oxygen atoms in total. The standard InChI is InChI=1S/C22H17BrClNO3/c23-17-3-1-2-14(12-17)21(26)19-13-16(6-9-20(19)25)22(27-10-11-28-22)15-4-7-18(24)8-5-15/h1-9,12-13H,10-11,25H2. The van der Waals surface area contributed by atoms with Gasteiger partial charge in [-0.05, 0) is 36.4 Å². The van der Waals surface area contributed by atoms with E-state index in [1.54, 1.807) is 36.4 Å². The maximum atomic E-state index is 13.1. The number of nitrogen functional groups attached to an aromatic ring is 1. The second-order valence-electron chi connectivity index (χ2n) is 6.46. The summed E-state index contributed by atoms with van der Waals surface area (Å²) in [5.41, 5.74) is 9.00. The van der Waals surface area contributed by atoms with E-state index < -0.39 is 5.79 Å². The van der Waals surface area contributed by atoms with E-state index in [1.807, 2.05) is 30.3 Å². The van der Waals surface area contributed by atoms with E-state index in [9.17, 15) is 4.79 Å². The van der Waals surface area contributed by atoms with Crippen LogP contribution in [-0.2, 0) is 15.3 Å². The van der Waals surface area contributed by atoms with Crippen molar-refractivity contribution in [3.8, 4) is 0 Å². The van der Waals surface area contributed by atoms with Crippen LogP contribution in [0.15, 0.2) is 71.2 Å². The Balaban J connectivity index is 1.81. The highest BCUT2D eigenvalue weighted by Crippen LogP contribution is 2.40. The van der Waals surface area contributed by atoms with Crippen molar-refractivity contribution >= 4 is 39.0 Å². The molecule has 0 unspecified atom stereocenters. The van der Waals surface area contributed by atoms with Crippen molar-refractivity contribution in [2.45, 2.75) is 5.79 Å². The average Bonchev–Trinajstić information content (AvgIpc) is 3.19. The molecule has 3 aromatic carbocycles. The minimum absolute atomic E-state index is 0.162. The fraction of sp³-hybridized carbons (Fsp3) is 0.136. The van der Waals surface area contributed by atoms with Crippen LogP contribution >= 0.6 is 27.5 Å². The maximum absolute atomic E-state index is 13.1. The van der Waals surface area contributed by atoms with Crippen LogP contribution in [0.3, 0.4) is 0 Å². The number of benzene rings is 3. The molecule has 3 aromatic rings. The monoisotopic (exact) mass is 457 g/mol. The summed E-state index contributed by atoms with van der Waals surface area (Å²) in [5, 5.41) is 0.625. The SMILES string of the molecule is Nc1ccc(C2(c3ccc(Cl)cc3)OCCO2)cc1C(=O)c1cccc(Br)c1. The molecule has 0 spiro atoms. The third kappa shape index (κ3) is 3.47. The first-order valence-electron chi connectivity index (χ1n) is 8.74. The number of halogens is 2. The molecule has 1 aliphatic heterocycles. The minimum atomic E-state index is -1.09. The van der Waals surface area contributed by atoms with Crippen LogP contribution in [0.2, 0.25) is 5.02 Å². The normalized spacial score (nSPS) is 15.5. The zero-order valence-corrected chi connectivity index (χ0v) is 17.2. The van der Waals surface area contributed by atoms with Gasteiger partial charge in [-0.25, -0.2) is 0 Å². The van der Waals surface area contributed by atoms with E-state index in [0.29, 0.717) is 40.6 Å². The third-order valence-corrected chi connectivity index (χ3v) is 5.43. The van der Waals surface area contributed by atoms with Gasteiger partial charge in [-0.15, -0.1) is 0 Å². The highest BCUT2D eigenvalue weighted by Gasteiger charge is 2.41. The summed E-state index contributed by atoms with van der Waals surface area (Å²) in [4.78, 5) is 13.1. The van der Waals surface area contributed by atoms with Crippen molar-refractivity contribution in [3.63, 3.8) is 0 Å². The Morgan fingerprint density at radius 2 is 1.64 bits per heavy atom. The Morgan fingerprint density at radius 3 is 2.32 bits per heavy atom. The van der Waals surface area contributed by atoms with Crippen LogP contribution in [-0.4, -0.2) is 19.0 Å². The van der Waals surface area contributed by atoms with Gasteiger partial charge in [0.15, 0.2) is 5.78 Å². The summed E-state index contributed by atoms with van der Waals surface area (Å²) >= 11 is 9.43. The lowest BCUT2D eigenvalue weighted by molar-refractivity contribution is -0.129. The Labute approximate surface area is 176 Å². The topological polar surface area (TPSA) is 61.6 Å². The van der Waals surface area contributed by atoms with Crippen LogP contribution in [0.25, 0.3) is 0 Å². The van der Waals surface area contributed by atoms with E-state index in [2.05, 4.69) is 15.9 Å². The summed E-state index contributed by atoms with van der Waals surface area (Å²) in [5.74, 6) is -1.25. The Morgan fingerprint density at radius 1 is 0.964 bits per heavy atom. The van der Waals surface area contributed by atoms with Crippen molar-refractivity contribution in [1.82, 2.24) is 0 Å². The van der Waals surface area contributed by atoms with E-state index in [1.165, 1.54) is 0 Å². The summed E-state index contributed by atoms with van der Waals surface area (Å²) in [6.07, 6.45) is 0. The number of ketones is 1. The van der Waals surface area contributed by atoms with Crippen LogP contribution in [0.5, 0.6) is 0 Å². The van der Waals surface area contributed by atoms with Crippen LogP contribution in [0.4, 0.5) is 5.69 Å². The Hall–Kier alpha value is -2.18. The van der Waals surface area contributed by atoms with Crippen LogP contribution in [0, 0.1) is 0 Å². The summed E-state index contributed by atoms with van der Waals surface area (Å²) in [6, 6.07) is 19.8. The molecule has 0 bridgehead atoms. The molecule has 28 heavy (non-hydrogen) atoms. The second-order valence-corrected chi connectivity index (χ2v) is 7.81. The summed E-state index contributed by atoms with van der Waals surface area (Å²) < 4.78 is 12.9. The smallest absolute Gasteiger partial charge is 0.222 e. The molecule has 2 N–H and O–H groups in total. The van der Waals surface area contributed by atoms with Gasteiger partial charge in [-0.1, -0.05) is 57.9 Å². The summed E-state index contributed by atoms with van der Waals surface area (Å²) in [6.45, 7) is 0.893. The zero-order chi connectivity index (χ0) is 19.7. The molecule has 1 heterocycles. The van der Waals surface area contributed by atoms with Gasteiger partial charge in [0, 0.05) is 37.4 Å². The zero-order valence-electron chi connectivity index (χ0n) is 14.8. The number of nitrogens with two attached hydrogens (primary N) is 1. The molecular formula is C22H17BrClNO3. The number of ether oxygens (including phenoxy) is 2. The number of anilines is 1. The van der Waals surface area contributed by atoms with Crippen LogP contribution < -0.4 is 5.73 Å². The van der Waals surface area contributed by atoms with Gasteiger partial charge in [-0.3, -0.25) is 4.79 Å². The van der Waals surface area contributed by atoms with Crippen molar-refractivity contribution in [2.24, 2.45) is 0 Å². The second kappa shape index (κ2) is 7.68. The van der Waals surface area contributed by atoms with Gasteiger partial charge in [0.1, 0.15) is 0 Å². The molecule has 6 heteroatoms. The fourth-order valence-corrected chi connectivity index (χ4v) is 3.85. The van der Waals surface area contributed by atoms with Crippen molar-refractivity contribution in [1.29, 1.82) is 0 Å². The maximum Gasteiger partial charge on any atom is 0.222 e. The molecule has 0 aliphatic carbocycles. The average molecular weight is 459 g/mol. The molecular weight excluding hydrogens is 442 g/mol. The van der Waals surface area contributed by atoms with Gasteiger partial charge < -0.3 is 15.2 Å². The Kier molecular flexibility index (Phi) is 5.25. The lowest BCUT2D eigenvalue weighted by Crippen LogP contribution is -2.29. The lowest BCUT2D eigenvalue weighted by atomic mass is 9.92. The van der Waals surface area contributed by atoms with Gasteiger partial charge in [0.25, 0.3) is 0 Å². The van der Waals surface area contributed by atoms with Gasteiger partial charge >= 0.3 is 0 Å². The molecule has 0 saturated carbocycles. The number of rotatable bonds is 4. The molecule has 4 rings (SSSR count). The molecule has 0 atom stereocenters. The van der Waals surface area contributed by atoms with Crippen LogP contribution in [0.1, 0.15) is 27.0 Å². The minimum Gasteiger partial charge on any atom is -0.398 e. The molecule has 1 aliphatic rings. The van der Waals surface area contributed by atoms with Crippen molar-refractivity contribution in [3.05, 3.63) is 98.5 Å². The first-order chi connectivity index (χ1) is 13.5. The number of hydrogen-bond donors (Lipinski definition) is 1. The first-order valence-corrected chi connectivity index (χ1v) is 9.91. The molecule has 0 aromatic heterocycles. The number of hydrogen-bond acceptors (Lipinski definition) is 4. The van der Waals surface area contributed by atoms with E-state index in [-0.39, 0.29) is 5.78 Å². The number of carbonyl (C=O) groups is 1. The van der Waals surface area contributed by atoms with Crippen molar-refractivity contribution < 1.29 is 14.3 Å². The van der Waals surface area contributed by atoms with E-state index in [4.69, 9.17) is 26.8 Å².